The Morgan fingerprint density at radius 1 is 1.12 bits per heavy atom. The normalized spacial score (nSPS) is 15.5. The summed E-state index contributed by atoms with van der Waals surface area (Å²) < 4.78 is 18.2. The molecule has 2 aromatic rings. The number of amides is 1. The molecule has 0 spiro atoms. The van der Waals surface area contributed by atoms with Crippen LogP contribution in [0.1, 0.15) is 12.2 Å². The largest absolute Gasteiger partial charge is 0.467 e. The number of halogens is 1. The molecule has 128 valence electrons. The maximum atomic E-state index is 13.0. The molecule has 0 unspecified atom stereocenters. The van der Waals surface area contributed by atoms with Crippen LogP contribution in [-0.4, -0.2) is 43.5 Å². The first-order valence-corrected chi connectivity index (χ1v) is 8.23. The number of piperazine rings is 1. The van der Waals surface area contributed by atoms with E-state index in [1.54, 1.807) is 6.26 Å². The average molecular weight is 331 g/mol. The van der Waals surface area contributed by atoms with E-state index in [1.165, 1.54) is 12.1 Å². The van der Waals surface area contributed by atoms with Gasteiger partial charge in [-0.15, -0.1) is 0 Å². The Hall–Kier alpha value is -2.34. The molecule has 1 aliphatic rings. The Kier molecular flexibility index (Phi) is 5.48. The Balaban J connectivity index is 1.36. The molecule has 0 bridgehead atoms. The summed E-state index contributed by atoms with van der Waals surface area (Å²) in [6.07, 6.45) is 2.08. The number of anilines is 1. The predicted molar refractivity (Wildman–Crippen MR) is 90.2 cm³/mol. The molecule has 0 aliphatic carbocycles. The van der Waals surface area contributed by atoms with E-state index in [9.17, 15) is 9.18 Å². The molecule has 24 heavy (non-hydrogen) atoms. The van der Waals surface area contributed by atoms with Gasteiger partial charge in [-0.1, -0.05) is 0 Å². The lowest BCUT2D eigenvalue weighted by Gasteiger charge is -2.36. The van der Waals surface area contributed by atoms with Gasteiger partial charge in [-0.3, -0.25) is 9.69 Å². The third-order valence-electron chi connectivity index (χ3n) is 4.26. The van der Waals surface area contributed by atoms with Crippen molar-refractivity contribution in [1.29, 1.82) is 0 Å². The van der Waals surface area contributed by atoms with Crippen molar-refractivity contribution in [3.05, 3.63) is 54.2 Å². The van der Waals surface area contributed by atoms with Crippen LogP contribution in [0, 0.1) is 5.82 Å². The van der Waals surface area contributed by atoms with Gasteiger partial charge >= 0.3 is 0 Å². The van der Waals surface area contributed by atoms with Crippen LogP contribution in [0.25, 0.3) is 0 Å². The van der Waals surface area contributed by atoms with E-state index in [-0.39, 0.29) is 11.7 Å². The first-order valence-electron chi connectivity index (χ1n) is 8.23. The van der Waals surface area contributed by atoms with Crippen molar-refractivity contribution in [2.45, 2.75) is 13.0 Å². The topological polar surface area (TPSA) is 48.7 Å². The third kappa shape index (κ3) is 4.58. The Morgan fingerprint density at radius 2 is 1.88 bits per heavy atom. The summed E-state index contributed by atoms with van der Waals surface area (Å²) in [5.74, 6) is 0.585. The fourth-order valence-electron chi connectivity index (χ4n) is 2.83. The fourth-order valence-corrected chi connectivity index (χ4v) is 2.83. The number of nitrogens with one attached hydrogen (secondary N) is 1. The van der Waals surface area contributed by atoms with Gasteiger partial charge in [-0.2, -0.15) is 0 Å². The van der Waals surface area contributed by atoms with Gasteiger partial charge in [0.25, 0.3) is 0 Å². The van der Waals surface area contributed by atoms with Crippen LogP contribution in [0.5, 0.6) is 0 Å². The van der Waals surface area contributed by atoms with Gasteiger partial charge in [0.15, 0.2) is 0 Å². The standard InChI is InChI=1S/C18H22FN3O2/c19-15-3-5-16(6-4-15)22-11-9-21(10-12-22)8-7-18(23)20-14-17-2-1-13-24-17/h1-6,13H,7-12,14H2,(H,20,23). The van der Waals surface area contributed by atoms with Crippen LogP contribution in [0.3, 0.4) is 0 Å². The summed E-state index contributed by atoms with van der Waals surface area (Å²) in [7, 11) is 0. The molecular weight excluding hydrogens is 309 g/mol. The SMILES string of the molecule is O=C(CCN1CCN(c2ccc(F)cc2)CC1)NCc1ccco1. The summed E-state index contributed by atoms with van der Waals surface area (Å²) in [4.78, 5) is 16.4. The van der Waals surface area contributed by atoms with Gasteiger partial charge in [-0.25, -0.2) is 4.39 Å². The Morgan fingerprint density at radius 3 is 2.54 bits per heavy atom. The smallest absolute Gasteiger partial charge is 0.221 e. The quantitative estimate of drug-likeness (QED) is 0.882. The lowest BCUT2D eigenvalue weighted by Crippen LogP contribution is -2.47. The van der Waals surface area contributed by atoms with Gasteiger partial charge in [0.2, 0.25) is 5.91 Å². The lowest BCUT2D eigenvalue weighted by molar-refractivity contribution is -0.121. The zero-order chi connectivity index (χ0) is 16.8. The molecule has 3 rings (SSSR count). The van der Waals surface area contributed by atoms with Crippen LogP contribution in [0.4, 0.5) is 10.1 Å². The van der Waals surface area contributed by atoms with Crippen LogP contribution >= 0.6 is 0 Å². The van der Waals surface area contributed by atoms with Crippen molar-refractivity contribution in [3.63, 3.8) is 0 Å². The number of furan rings is 1. The van der Waals surface area contributed by atoms with Crippen LogP contribution in [0.2, 0.25) is 0 Å². The van der Waals surface area contributed by atoms with Crippen LogP contribution < -0.4 is 10.2 Å². The van der Waals surface area contributed by atoms with Crippen LogP contribution in [0.15, 0.2) is 47.1 Å². The highest BCUT2D eigenvalue weighted by Crippen LogP contribution is 2.16. The van der Waals surface area contributed by atoms with Crippen molar-refractivity contribution in [1.82, 2.24) is 10.2 Å². The zero-order valence-electron chi connectivity index (χ0n) is 13.6. The van der Waals surface area contributed by atoms with Crippen molar-refractivity contribution in [2.75, 3.05) is 37.6 Å². The summed E-state index contributed by atoms with van der Waals surface area (Å²) in [6, 6.07) is 10.3. The van der Waals surface area contributed by atoms with Gasteiger partial charge in [-0.05, 0) is 36.4 Å². The van der Waals surface area contributed by atoms with E-state index in [4.69, 9.17) is 4.42 Å². The van der Waals surface area contributed by atoms with E-state index >= 15 is 0 Å². The molecule has 2 heterocycles. The monoisotopic (exact) mass is 331 g/mol. The second-order valence-corrected chi connectivity index (χ2v) is 5.91. The van der Waals surface area contributed by atoms with Crippen molar-refractivity contribution < 1.29 is 13.6 Å². The maximum Gasteiger partial charge on any atom is 0.221 e. The molecule has 0 saturated carbocycles. The maximum absolute atomic E-state index is 13.0. The van der Waals surface area contributed by atoms with E-state index in [2.05, 4.69) is 15.1 Å². The summed E-state index contributed by atoms with van der Waals surface area (Å²) >= 11 is 0. The molecule has 1 aromatic heterocycles. The molecule has 5 nitrogen and oxygen atoms in total. The third-order valence-corrected chi connectivity index (χ3v) is 4.26. The Bertz CT molecular complexity index is 635. The number of carbonyl (C=O) groups is 1. The molecule has 1 fully saturated rings. The zero-order valence-corrected chi connectivity index (χ0v) is 13.6. The van der Waals surface area contributed by atoms with Crippen LogP contribution in [-0.2, 0) is 11.3 Å². The number of rotatable bonds is 6. The summed E-state index contributed by atoms with van der Waals surface area (Å²) in [5.41, 5.74) is 1.05. The van der Waals surface area contributed by atoms with E-state index in [0.29, 0.717) is 13.0 Å². The van der Waals surface area contributed by atoms with Crippen molar-refractivity contribution >= 4 is 11.6 Å². The number of carbonyl (C=O) groups excluding carboxylic acids is 1. The van der Waals surface area contributed by atoms with E-state index in [0.717, 1.165) is 44.2 Å². The number of benzene rings is 1. The molecule has 1 aliphatic heterocycles. The van der Waals surface area contributed by atoms with Crippen molar-refractivity contribution in [2.24, 2.45) is 0 Å². The van der Waals surface area contributed by atoms with Gasteiger partial charge in [0, 0.05) is 44.8 Å². The predicted octanol–water partition coefficient (Wildman–Crippen LogP) is 2.25. The second kappa shape index (κ2) is 7.97. The molecular formula is C18H22FN3O2. The second-order valence-electron chi connectivity index (χ2n) is 5.91. The van der Waals surface area contributed by atoms with E-state index < -0.39 is 0 Å². The summed E-state index contributed by atoms with van der Waals surface area (Å²) in [6.45, 7) is 4.77. The molecule has 1 N–H and O–H groups in total. The number of hydrogen-bond acceptors (Lipinski definition) is 4. The number of nitrogens with zero attached hydrogens (tertiary/aromatic N) is 2. The van der Waals surface area contributed by atoms with Gasteiger partial charge in [0.05, 0.1) is 12.8 Å². The lowest BCUT2D eigenvalue weighted by atomic mass is 10.2. The minimum absolute atomic E-state index is 0.0346. The Labute approximate surface area is 141 Å². The first kappa shape index (κ1) is 16.5. The minimum Gasteiger partial charge on any atom is -0.467 e. The average Bonchev–Trinajstić information content (AvgIpc) is 3.13. The molecule has 6 heteroatoms. The minimum atomic E-state index is -0.210. The van der Waals surface area contributed by atoms with Gasteiger partial charge < -0.3 is 14.6 Å². The summed E-state index contributed by atoms with van der Waals surface area (Å²) in [5, 5.41) is 2.86. The highest BCUT2D eigenvalue weighted by molar-refractivity contribution is 5.75. The molecule has 0 radical (unpaired) electrons. The molecule has 1 aromatic carbocycles. The molecule has 1 amide bonds. The van der Waals surface area contributed by atoms with Gasteiger partial charge in [0.1, 0.15) is 11.6 Å². The highest BCUT2D eigenvalue weighted by Gasteiger charge is 2.17. The first-order chi connectivity index (χ1) is 11.7. The highest BCUT2D eigenvalue weighted by atomic mass is 19.1. The van der Waals surface area contributed by atoms with Crippen molar-refractivity contribution in [3.8, 4) is 0 Å². The fraction of sp³-hybridized carbons (Fsp3) is 0.389. The van der Waals surface area contributed by atoms with E-state index in [1.807, 2.05) is 24.3 Å². The number of hydrogen-bond donors (Lipinski definition) is 1. The molecule has 1 saturated heterocycles. The molecule has 0 atom stereocenters.